The lowest BCUT2D eigenvalue weighted by molar-refractivity contribution is 0.0515. The van der Waals surface area contributed by atoms with E-state index in [0.29, 0.717) is 13.2 Å². The van der Waals surface area contributed by atoms with Crippen LogP contribution in [0.4, 0.5) is 4.79 Å². The van der Waals surface area contributed by atoms with E-state index in [9.17, 15) is 4.79 Å². The van der Waals surface area contributed by atoms with Crippen molar-refractivity contribution in [1.82, 2.24) is 0 Å². The van der Waals surface area contributed by atoms with Crippen molar-refractivity contribution in [3.63, 3.8) is 0 Å². The zero-order valence-corrected chi connectivity index (χ0v) is 15.4. The van der Waals surface area contributed by atoms with Gasteiger partial charge in [0.1, 0.15) is 0 Å². The molecule has 3 heteroatoms. The summed E-state index contributed by atoms with van der Waals surface area (Å²) >= 11 is 0. The first kappa shape index (κ1) is 21.3. The van der Waals surface area contributed by atoms with Gasteiger partial charge in [-0.1, -0.05) is 66.2 Å². The molecule has 0 aromatic rings. The van der Waals surface area contributed by atoms with Gasteiger partial charge in [0.25, 0.3) is 0 Å². The molecule has 0 bridgehead atoms. The molecule has 0 fully saturated rings. The zero-order valence-electron chi connectivity index (χ0n) is 15.4. The molecule has 22 heavy (non-hydrogen) atoms. The summed E-state index contributed by atoms with van der Waals surface area (Å²) in [4.78, 5) is 11.4. The molecule has 0 aromatic heterocycles. The van der Waals surface area contributed by atoms with Crippen LogP contribution in [-0.4, -0.2) is 19.4 Å². The lowest BCUT2D eigenvalue weighted by atomic mass is 9.99. The molecule has 0 aliphatic carbocycles. The van der Waals surface area contributed by atoms with E-state index in [1.807, 2.05) is 0 Å². The highest BCUT2D eigenvalue weighted by Gasteiger charge is 2.07. The molecule has 0 saturated carbocycles. The van der Waals surface area contributed by atoms with Crippen molar-refractivity contribution in [2.24, 2.45) is 11.8 Å². The lowest BCUT2D eigenvalue weighted by Gasteiger charge is -2.12. The fourth-order valence-corrected chi connectivity index (χ4v) is 2.61. The van der Waals surface area contributed by atoms with Gasteiger partial charge >= 0.3 is 6.16 Å². The van der Waals surface area contributed by atoms with Gasteiger partial charge in [0.15, 0.2) is 0 Å². The molecule has 0 amide bonds. The first-order valence-corrected chi connectivity index (χ1v) is 9.39. The average molecular weight is 315 g/mol. The highest BCUT2D eigenvalue weighted by Crippen LogP contribution is 2.15. The Labute approximate surface area is 138 Å². The summed E-state index contributed by atoms with van der Waals surface area (Å²) < 4.78 is 10.2. The summed E-state index contributed by atoms with van der Waals surface area (Å²) in [6.07, 6.45) is 11.3. The van der Waals surface area contributed by atoms with Crippen molar-refractivity contribution in [2.75, 3.05) is 13.2 Å². The van der Waals surface area contributed by atoms with Crippen LogP contribution in [-0.2, 0) is 9.47 Å². The average Bonchev–Trinajstić information content (AvgIpc) is 2.51. The van der Waals surface area contributed by atoms with Crippen molar-refractivity contribution >= 4 is 6.16 Å². The summed E-state index contributed by atoms with van der Waals surface area (Å²) in [7, 11) is 0. The van der Waals surface area contributed by atoms with Crippen molar-refractivity contribution in [3.8, 4) is 0 Å². The number of hydrogen-bond acceptors (Lipinski definition) is 3. The van der Waals surface area contributed by atoms with Crippen molar-refractivity contribution in [3.05, 3.63) is 0 Å². The maximum absolute atomic E-state index is 11.4. The second-order valence-electron chi connectivity index (χ2n) is 6.73. The first-order valence-electron chi connectivity index (χ1n) is 9.39. The molecule has 3 nitrogen and oxygen atoms in total. The molecule has 0 aromatic carbocycles. The predicted octanol–water partition coefficient (Wildman–Crippen LogP) is 6.35. The normalized spacial score (nSPS) is 13.6. The van der Waals surface area contributed by atoms with Crippen LogP contribution in [0.2, 0.25) is 0 Å². The van der Waals surface area contributed by atoms with E-state index in [0.717, 1.165) is 37.5 Å². The lowest BCUT2D eigenvalue weighted by Crippen LogP contribution is -2.10. The standard InChI is InChI=1S/C19H38O3/c1-5-7-11-17(3)13-9-15-21-19(20)22-16-10-14-18(4)12-8-6-2/h17-18H,5-16H2,1-4H3. The third kappa shape index (κ3) is 14.2. The Morgan fingerprint density at radius 2 is 1.09 bits per heavy atom. The fraction of sp³-hybridized carbons (Fsp3) is 0.947. The van der Waals surface area contributed by atoms with Crippen LogP contribution < -0.4 is 0 Å². The van der Waals surface area contributed by atoms with Crippen LogP contribution in [0.3, 0.4) is 0 Å². The van der Waals surface area contributed by atoms with Gasteiger partial charge in [-0.3, -0.25) is 0 Å². The first-order chi connectivity index (χ1) is 10.6. The topological polar surface area (TPSA) is 35.5 Å². The molecule has 2 unspecified atom stereocenters. The zero-order chi connectivity index (χ0) is 16.6. The maximum Gasteiger partial charge on any atom is 0.508 e. The van der Waals surface area contributed by atoms with E-state index in [4.69, 9.17) is 9.47 Å². The van der Waals surface area contributed by atoms with Crippen molar-refractivity contribution in [1.29, 1.82) is 0 Å². The molecule has 0 spiro atoms. The Morgan fingerprint density at radius 3 is 1.45 bits per heavy atom. The van der Waals surface area contributed by atoms with Crippen LogP contribution >= 0.6 is 0 Å². The molecule has 0 aliphatic rings. The third-order valence-electron chi connectivity index (χ3n) is 4.22. The largest absolute Gasteiger partial charge is 0.508 e. The minimum atomic E-state index is -0.498. The number of unbranched alkanes of at least 4 members (excludes halogenated alkanes) is 2. The Kier molecular flexibility index (Phi) is 14.7. The molecule has 0 aliphatic heterocycles. The molecule has 0 N–H and O–H groups in total. The Hall–Kier alpha value is -0.730. The van der Waals surface area contributed by atoms with Crippen LogP contribution in [0.15, 0.2) is 0 Å². The Bertz CT molecular complexity index is 229. The van der Waals surface area contributed by atoms with E-state index in [1.54, 1.807) is 0 Å². The smallest absolute Gasteiger partial charge is 0.434 e. The van der Waals surface area contributed by atoms with E-state index in [2.05, 4.69) is 27.7 Å². The quantitative estimate of drug-likeness (QED) is 0.277. The van der Waals surface area contributed by atoms with Crippen molar-refractivity contribution in [2.45, 2.75) is 91.9 Å². The maximum atomic E-state index is 11.4. The highest BCUT2D eigenvalue weighted by molar-refractivity contribution is 5.59. The van der Waals surface area contributed by atoms with Gasteiger partial charge in [0.2, 0.25) is 0 Å². The molecule has 0 rings (SSSR count). The second kappa shape index (κ2) is 15.2. The molecule has 0 heterocycles. The second-order valence-corrected chi connectivity index (χ2v) is 6.73. The van der Waals surface area contributed by atoms with Gasteiger partial charge < -0.3 is 9.47 Å². The number of ether oxygens (including phenoxy) is 2. The molecule has 132 valence electrons. The van der Waals surface area contributed by atoms with Gasteiger partial charge in [-0.15, -0.1) is 0 Å². The van der Waals surface area contributed by atoms with E-state index in [1.165, 1.54) is 38.5 Å². The Balaban J connectivity index is 3.39. The van der Waals surface area contributed by atoms with Gasteiger partial charge in [-0.2, -0.15) is 0 Å². The van der Waals surface area contributed by atoms with Gasteiger partial charge in [-0.25, -0.2) is 4.79 Å². The molecule has 0 radical (unpaired) electrons. The third-order valence-corrected chi connectivity index (χ3v) is 4.22. The van der Waals surface area contributed by atoms with Gasteiger partial charge in [-0.05, 0) is 37.5 Å². The van der Waals surface area contributed by atoms with E-state index >= 15 is 0 Å². The van der Waals surface area contributed by atoms with Crippen LogP contribution in [0, 0.1) is 11.8 Å². The summed E-state index contributed by atoms with van der Waals surface area (Å²) in [6, 6.07) is 0. The monoisotopic (exact) mass is 314 g/mol. The minimum Gasteiger partial charge on any atom is -0.434 e. The predicted molar refractivity (Wildman–Crippen MR) is 93.1 cm³/mol. The fourth-order valence-electron chi connectivity index (χ4n) is 2.61. The van der Waals surface area contributed by atoms with Gasteiger partial charge in [0, 0.05) is 0 Å². The summed E-state index contributed by atoms with van der Waals surface area (Å²) in [5, 5.41) is 0. The van der Waals surface area contributed by atoms with E-state index < -0.39 is 6.16 Å². The number of carbonyl (C=O) groups excluding carboxylic acids is 1. The molecule has 0 saturated heterocycles. The number of rotatable bonds is 14. The van der Waals surface area contributed by atoms with Crippen LogP contribution in [0.25, 0.3) is 0 Å². The SMILES string of the molecule is CCCCC(C)CCCOC(=O)OCCCC(C)CCCC. The summed E-state index contributed by atoms with van der Waals surface area (Å²) in [5.74, 6) is 1.45. The van der Waals surface area contributed by atoms with Gasteiger partial charge in [0.05, 0.1) is 13.2 Å². The number of hydrogen-bond donors (Lipinski definition) is 0. The molecular formula is C19H38O3. The van der Waals surface area contributed by atoms with E-state index in [-0.39, 0.29) is 0 Å². The highest BCUT2D eigenvalue weighted by atomic mass is 16.7. The van der Waals surface area contributed by atoms with Crippen LogP contribution in [0.1, 0.15) is 91.9 Å². The van der Waals surface area contributed by atoms with Crippen molar-refractivity contribution < 1.29 is 14.3 Å². The van der Waals surface area contributed by atoms with Crippen LogP contribution in [0.5, 0.6) is 0 Å². The molecule has 2 atom stereocenters. The molecular weight excluding hydrogens is 276 g/mol. The summed E-state index contributed by atoms with van der Waals surface area (Å²) in [5.41, 5.74) is 0. The Morgan fingerprint density at radius 1 is 0.727 bits per heavy atom. The number of carbonyl (C=O) groups is 1. The summed E-state index contributed by atoms with van der Waals surface area (Å²) in [6.45, 7) is 9.96. The minimum absolute atomic E-state index is 0.488.